The Kier molecular flexibility index (Phi) is 6.42. The van der Waals surface area contributed by atoms with Crippen LogP contribution < -0.4 is 9.80 Å². The molecule has 0 bridgehead atoms. The summed E-state index contributed by atoms with van der Waals surface area (Å²) in [5, 5.41) is 9.63. The van der Waals surface area contributed by atoms with E-state index in [1.165, 1.54) is 11.8 Å². The van der Waals surface area contributed by atoms with Crippen LogP contribution in [0.4, 0.5) is 11.6 Å². The molecule has 0 N–H and O–H groups in total. The van der Waals surface area contributed by atoms with E-state index in [0.717, 1.165) is 54.4 Å². The van der Waals surface area contributed by atoms with Gasteiger partial charge < -0.3 is 14.2 Å². The van der Waals surface area contributed by atoms with E-state index in [4.69, 9.17) is 4.42 Å². The van der Waals surface area contributed by atoms with Crippen molar-refractivity contribution >= 4 is 29.3 Å². The first-order chi connectivity index (χ1) is 14.6. The zero-order chi connectivity index (χ0) is 20.9. The number of amides is 1. The fourth-order valence-electron chi connectivity index (χ4n) is 3.55. The number of carbonyl (C=O) groups excluding carboxylic acids is 1. The number of carbonyl (C=O) groups is 1. The highest BCUT2D eigenvalue weighted by atomic mass is 32.2. The highest BCUT2D eigenvalue weighted by molar-refractivity contribution is 7.99. The Labute approximate surface area is 181 Å². The first-order valence-corrected chi connectivity index (χ1v) is 11.3. The summed E-state index contributed by atoms with van der Waals surface area (Å²) in [5.74, 6) is 2.74. The van der Waals surface area contributed by atoms with Gasteiger partial charge in [0.05, 0.1) is 18.6 Å². The zero-order valence-electron chi connectivity index (χ0n) is 17.4. The number of aromatic nitrogens is 3. The van der Waals surface area contributed by atoms with Crippen molar-refractivity contribution in [1.29, 1.82) is 0 Å². The lowest BCUT2D eigenvalue weighted by Gasteiger charge is -2.31. The minimum absolute atomic E-state index is 0.0205. The van der Waals surface area contributed by atoms with E-state index in [2.05, 4.69) is 26.6 Å². The van der Waals surface area contributed by atoms with Crippen LogP contribution in [0.3, 0.4) is 0 Å². The summed E-state index contributed by atoms with van der Waals surface area (Å²) >= 11 is 1.42. The minimum atomic E-state index is 0.0205. The summed E-state index contributed by atoms with van der Waals surface area (Å²) in [6.45, 7) is 4.78. The second-order valence-electron chi connectivity index (χ2n) is 7.69. The average Bonchev–Trinajstić information content (AvgIpc) is 3.43. The first kappa shape index (κ1) is 20.5. The van der Waals surface area contributed by atoms with Crippen LogP contribution in [0.5, 0.6) is 0 Å². The molecule has 4 rings (SSSR count). The van der Waals surface area contributed by atoms with Crippen LogP contribution in [0.2, 0.25) is 0 Å². The van der Waals surface area contributed by atoms with Crippen LogP contribution in [-0.2, 0) is 11.3 Å². The summed E-state index contributed by atoms with van der Waals surface area (Å²) in [6.07, 6.45) is 3.97. The molecule has 1 aliphatic rings. The predicted molar refractivity (Wildman–Crippen MR) is 119 cm³/mol. The van der Waals surface area contributed by atoms with E-state index >= 15 is 0 Å². The van der Waals surface area contributed by atoms with E-state index in [1.807, 2.05) is 42.5 Å². The van der Waals surface area contributed by atoms with E-state index < -0.39 is 0 Å². The van der Waals surface area contributed by atoms with E-state index in [0.29, 0.717) is 12.3 Å². The third kappa shape index (κ3) is 4.70. The fraction of sp³-hybridized carbons (Fsp3) is 0.409. The van der Waals surface area contributed by atoms with Crippen LogP contribution in [0.15, 0.2) is 58.3 Å². The molecule has 158 valence electrons. The number of hydrogen-bond donors (Lipinski definition) is 0. The second-order valence-corrected chi connectivity index (χ2v) is 8.64. The normalized spacial score (nSPS) is 14.8. The second kappa shape index (κ2) is 9.38. The van der Waals surface area contributed by atoms with Gasteiger partial charge in [-0.15, -0.1) is 10.2 Å². The number of para-hydroxylation sites is 1. The molecule has 0 spiro atoms. The third-order valence-electron chi connectivity index (χ3n) is 5.50. The fourth-order valence-corrected chi connectivity index (χ4v) is 4.39. The van der Waals surface area contributed by atoms with E-state index in [-0.39, 0.29) is 5.91 Å². The first-order valence-electron chi connectivity index (χ1n) is 10.3. The van der Waals surface area contributed by atoms with Crippen molar-refractivity contribution in [3.05, 3.63) is 54.5 Å². The molecule has 3 heterocycles. The highest BCUT2D eigenvalue weighted by Gasteiger charge is 2.24. The van der Waals surface area contributed by atoms with Crippen molar-refractivity contribution in [3.63, 3.8) is 0 Å². The lowest BCUT2D eigenvalue weighted by molar-refractivity contribution is -0.115. The Morgan fingerprint density at radius 3 is 2.63 bits per heavy atom. The van der Waals surface area contributed by atoms with Gasteiger partial charge in [0, 0.05) is 25.8 Å². The van der Waals surface area contributed by atoms with E-state index in [9.17, 15) is 4.79 Å². The van der Waals surface area contributed by atoms with Crippen LogP contribution in [0.25, 0.3) is 0 Å². The summed E-state index contributed by atoms with van der Waals surface area (Å²) in [4.78, 5) is 16.7. The van der Waals surface area contributed by atoms with Gasteiger partial charge in [0.1, 0.15) is 5.76 Å². The molecule has 1 aromatic carbocycles. The summed E-state index contributed by atoms with van der Waals surface area (Å²) < 4.78 is 7.63. The molecule has 8 heteroatoms. The molecule has 0 atom stereocenters. The van der Waals surface area contributed by atoms with Gasteiger partial charge in [-0.25, -0.2) is 0 Å². The quantitative estimate of drug-likeness (QED) is 0.535. The molecule has 0 radical (unpaired) electrons. The monoisotopic (exact) mass is 425 g/mol. The Morgan fingerprint density at radius 1 is 1.17 bits per heavy atom. The maximum Gasteiger partial charge on any atom is 0.237 e. The van der Waals surface area contributed by atoms with Crippen molar-refractivity contribution in [2.75, 3.05) is 35.7 Å². The molecule has 0 aliphatic carbocycles. The number of rotatable bonds is 7. The average molecular weight is 426 g/mol. The summed E-state index contributed by atoms with van der Waals surface area (Å²) in [7, 11) is 1.80. The number of anilines is 2. The highest BCUT2D eigenvalue weighted by Crippen LogP contribution is 2.27. The van der Waals surface area contributed by atoms with Gasteiger partial charge in [0.2, 0.25) is 11.9 Å². The number of nitrogens with zero attached hydrogens (tertiary/aromatic N) is 5. The van der Waals surface area contributed by atoms with E-state index in [1.54, 1.807) is 18.2 Å². The van der Waals surface area contributed by atoms with Gasteiger partial charge in [-0.1, -0.05) is 36.9 Å². The molecule has 2 aromatic heterocycles. The largest absolute Gasteiger partial charge is 0.467 e. The Balaban J connectivity index is 1.50. The Bertz CT molecular complexity index is 949. The number of thioether (sulfide) groups is 1. The van der Waals surface area contributed by atoms with Gasteiger partial charge >= 0.3 is 0 Å². The maximum atomic E-state index is 12.7. The lowest BCUT2D eigenvalue weighted by Crippen LogP contribution is -2.35. The van der Waals surface area contributed by atoms with Crippen molar-refractivity contribution in [2.45, 2.75) is 31.5 Å². The molecular weight excluding hydrogens is 398 g/mol. The van der Waals surface area contributed by atoms with Crippen LogP contribution in [0.1, 0.15) is 25.5 Å². The van der Waals surface area contributed by atoms with Crippen LogP contribution in [0, 0.1) is 5.92 Å². The Hall–Kier alpha value is -2.74. The SMILES string of the molecule is CC1CCN(c2nnc(SCC(=O)N(C)c3ccccc3)n2Cc2ccco2)CC1. The smallest absolute Gasteiger partial charge is 0.237 e. The molecule has 0 unspecified atom stereocenters. The maximum absolute atomic E-state index is 12.7. The van der Waals surface area contributed by atoms with Gasteiger partial charge in [-0.2, -0.15) is 0 Å². The molecule has 30 heavy (non-hydrogen) atoms. The molecule has 0 saturated carbocycles. The van der Waals surface area contributed by atoms with Crippen molar-refractivity contribution in [2.24, 2.45) is 5.92 Å². The van der Waals surface area contributed by atoms with Crippen molar-refractivity contribution in [1.82, 2.24) is 14.8 Å². The molecule has 1 fully saturated rings. The molecular formula is C22H27N5O2S. The van der Waals surface area contributed by atoms with Gasteiger partial charge in [-0.05, 0) is 43.0 Å². The molecule has 3 aromatic rings. The standard InChI is InChI=1S/C22H27N5O2S/c1-17-10-12-26(13-11-17)21-23-24-22(27(21)15-19-9-6-14-29-19)30-16-20(28)25(2)18-7-4-3-5-8-18/h3-9,14,17H,10-13,15-16H2,1-2H3. The molecule has 1 saturated heterocycles. The zero-order valence-corrected chi connectivity index (χ0v) is 18.2. The molecule has 1 amide bonds. The number of piperidine rings is 1. The topological polar surface area (TPSA) is 67.4 Å². The molecule has 1 aliphatic heterocycles. The minimum Gasteiger partial charge on any atom is -0.467 e. The third-order valence-corrected chi connectivity index (χ3v) is 6.45. The molecule has 7 nitrogen and oxygen atoms in total. The Morgan fingerprint density at radius 2 is 1.93 bits per heavy atom. The van der Waals surface area contributed by atoms with Crippen LogP contribution >= 0.6 is 11.8 Å². The van der Waals surface area contributed by atoms with Gasteiger partial charge in [0.15, 0.2) is 5.16 Å². The summed E-state index contributed by atoms with van der Waals surface area (Å²) in [5.41, 5.74) is 0.878. The number of hydrogen-bond acceptors (Lipinski definition) is 6. The number of benzene rings is 1. The lowest BCUT2D eigenvalue weighted by atomic mass is 10.00. The van der Waals surface area contributed by atoms with Gasteiger partial charge in [-0.3, -0.25) is 9.36 Å². The van der Waals surface area contributed by atoms with Gasteiger partial charge in [0.25, 0.3) is 0 Å². The van der Waals surface area contributed by atoms with Crippen molar-refractivity contribution in [3.8, 4) is 0 Å². The van der Waals surface area contributed by atoms with Crippen LogP contribution in [-0.4, -0.2) is 46.6 Å². The number of furan rings is 1. The predicted octanol–water partition coefficient (Wildman–Crippen LogP) is 3.91. The summed E-state index contributed by atoms with van der Waals surface area (Å²) in [6, 6.07) is 13.5. The van der Waals surface area contributed by atoms with Crippen molar-refractivity contribution < 1.29 is 9.21 Å².